The SMILES string of the molecule is O=C(O)[C@H]1CN(C(=O)c2nc(C3CC3)n(-c3ccccc3Cl)n2)CCO1. The Morgan fingerprint density at radius 1 is 1.27 bits per heavy atom. The Hall–Kier alpha value is -2.45. The minimum Gasteiger partial charge on any atom is -0.479 e. The number of nitrogens with zero attached hydrogens (tertiary/aromatic N) is 4. The van der Waals surface area contributed by atoms with Crippen LogP contribution < -0.4 is 0 Å². The van der Waals surface area contributed by atoms with Crippen molar-refractivity contribution in [2.75, 3.05) is 19.7 Å². The van der Waals surface area contributed by atoms with Crippen LogP contribution in [0.25, 0.3) is 5.69 Å². The molecule has 9 heteroatoms. The van der Waals surface area contributed by atoms with E-state index in [2.05, 4.69) is 10.1 Å². The van der Waals surface area contributed by atoms with Crippen LogP contribution in [0.3, 0.4) is 0 Å². The van der Waals surface area contributed by atoms with Crippen molar-refractivity contribution in [2.24, 2.45) is 0 Å². The molecular weight excluding hydrogens is 360 g/mol. The van der Waals surface area contributed by atoms with Gasteiger partial charge in [0.1, 0.15) is 5.82 Å². The maximum Gasteiger partial charge on any atom is 0.334 e. The zero-order valence-corrected chi connectivity index (χ0v) is 14.6. The zero-order chi connectivity index (χ0) is 18.3. The highest BCUT2D eigenvalue weighted by atomic mass is 35.5. The molecule has 1 saturated heterocycles. The lowest BCUT2D eigenvalue weighted by atomic mass is 10.2. The first kappa shape index (κ1) is 17.0. The summed E-state index contributed by atoms with van der Waals surface area (Å²) >= 11 is 6.28. The van der Waals surface area contributed by atoms with Crippen molar-refractivity contribution >= 4 is 23.5 Å². The smallest absolute Gasteiger partial charge is 0.334 e. The minimum atomic E-state index is -1.09. The molecule has 0 radical (unpaired) electrons. The number of carboxylic acid groups (broad SMARTS) is 1. The summed E-state index contributed by atoms with van der Waals surface area (Å²) in [5.74, 6) is -0.456. The summed E-state index contributed by atoms with van der Waals surface area (Å²) in [6.45, 7) is 0.457. The van der Waals surface area contributed by atoms with Gasteiger partial charge in [-0.25, -0.2) is 14.5 Å². The van der Waals surface area contributed by atoms with E-state index >= 15 is 0 Å². The number of hydrogen-bond acceptors (Lipinski definition) is 5. The van der Waals surface area contributed by atoms with Crippen molar-refractivity contribution in [1.29, 1.82) is 0 Å². The molecule has 2 fully saturated rings. The minimum absolute atomic E-state index is 0.0203. The Bertz CT molecular complexity index is 864. The first-order valence-corrected chi connectivity index (χ1v) is 8.78. The topological polar surface area (TPSA) is 97.6 Å². The van der Waals surface area contributed by atoms with E-state index < -0.39 is 18.0 Å². The fourth-order valence-electron chi connectivity index (χ4n) is 2.95. The second kappa shape index (κ2) is 6.69. The highest BCUT2D eigenvalue weighted by Gasteiger charge is 2.35. The molecule has 2 heterocycles. The second-order valence-corrected chi connectivity index (χ2v) is 6.79. The number of carbonyl (C=O) groups excluding carboxylic acids is 1. The van der Waals surface area contributed by atoms with Crippen LogP contribution in [-0.2, 0) is 9.53 Å². The average molecular weight is 377 g/mol. The monoisotopic (exact) mass is 376 g/mol. The van der Waals surface area contributed by atoms with Crippen LogP contribution in [0, 0.1) is 0 Å². The van der Waals surface area contributed by atoms with Crippen molar-refractivity contribution in [1.82, 2.24) is 19.7 Å². The Balaban J connectivity index is 1.65. The van der Waals surface area contributed by atoms with E-state index in [1.165, 1.54) is 4.90 Å². The highest BCUT2D eigenvalue weighted by molar-refractivity contribution is 6.32. The fraction of sp³-hybridized carbons (Fsp3) is 0.412. The predicted molar refractivity (Wildman–Crippen MR) is 91.6 cm³/mol. The van der Waals surface area contributed by atoms with E-state index in [4.69, 9.17) is 21.4 Å². The van der Waals surface area contributed by atoms with Gasteiger partial charge in [0.2, 0.25) is 5.82 Å². The summed E-state index contributed by atoms with van der Waals surface area (Å²) in [6, 6.07) is 7.26. The van der Waals surface area contributed by atoms with Gasteiger partial charge >= 0.3 is 5.97 Å². The summed E-state index contributed by atoms with van der Waals surface area (Å²) in [5, 5.41) is 14.0. The maximum atomic E-state index is 12.8. The van der Waals surface area contributed by atoms with Gasteiger partial charge in [-0.2, -0.15) is 0 Å². The lowest BCUT2D eigenvalue weighted by molar-refractivity contribution is -0.154. The quantitative estimate of drug-likeness (QED) is 0.872. The van der Waals surface area contributed by atoms with Crippen molar-refractivity contribution < 1.29 is 19.4 Å². The summed E-state index contributed by atoms with van der Waals surface area (Å²) in [4.78, 5) is 29.8. The molecule has 8 nitrogen and oxygen atoms in total. The first-order valence-electron chi connectivity index (χ1n) is 8.40. The molecule has 1 saturated carbocycles. The van der Waals surface area contributed by atoms with Crippen LogP contribution >= 0.6 is 11.6 Å². The Labute approximate surface area is 154 Å². The third kappa shape index (κ3) is 3.17. The number of hydrogen-bond donors (Lipinski definition) is 1. The first-order chi connectivity index (χ1) is 12.5. The number of morpholine rings is 1. The van der Waals surface area contributed by atoms with E-state index in [0.29, 0.717) is 23.1 Å². The van der Waals surface area contributed by atoms with Crippen LogP contribution in [0.4, 0.5) is 0 Å². The lowest BCUT2D eigenvalue weighted by Gasteiger charge is -2.29. The number of amides is 1. The van der Waals surface area contributed by atoms with Crippen molar-refractivity contribution in [3.63, 3.8) is 0 Å². The van der Waals surface area contributed by atoms with Crippen LogP contribution in [0.15, 0.2) is 24.3 Å². The van der Waals surface area contributed by atoms with Crippen LogP contribution in [0.2, 0.25) is 5.02 Å². The van der Waals surface area contributed by atoms with E-state index in [1.807, 2.05) is 18.2 Å². The molecule has 0 spiro atoms. The largest absolute Gasteiger partial charge is 0.479 e. The maximum absolute atomic E-state index is 12.8. The van der Waals surface area contributed by atoms with E-state index in [0.717, 1.165) is 12.8 Å². The molecule has 0 bridgehead atoms. The van der Waals surface area contributed by atoms with Crippen LogP contribution in [-0.4, -0.2) is 62.4 Å². The zero-order valence-electron chi connectivity index (χ0n) is 13.8. The number of carbonyl (C=O) groups is 2. The van der Waals surface area contributed by atoms with E-state index in [1.54, 1.807) is 10.7 Å². The van der Waals surface area contributed by atoms with Crippen molar-refractivity contribution in [3.8, 4) is 5.69 Å². The molecule has 1 aliphatic carbocycles. The molecule has 1 aliphatic heterocycles. The van der Waals surface area contributed by atoms with Crippen LogP contribution in [0.1, 0.15) is 35.2 Å². The number of ether oxygens (including phenoxy) is 1. The van der Waals surface area contributed by atoms with Gasteiger partial charge in [0, 0.05) is 12.5 Å². The lowest BCUT2D eigenvalue weighted by Crippen LogP contribution is -2.48. The number of para-hydroxylation sites is 1. The van der Waals surface area contributed by atoms with Crippen molar-refractivity contribution in [2.45, 2.75) is 24.9 Å². The summed E-state index contributed by atoms with van der Waals surface area (Å²) in [5.41, 5.74) is 0.674. The normalized spacial score (nSPS) is 20.2. The molecule has 1 aromatic heterocycles. The Morgan fingerprint density at radius 3 is 2.73 bits per heavy atom. The molecule has 1 atom stereocenters. The fourth-order valence-corrected chi connectivity index (χ4v) is 3.16. The molecule has 1 aromatic carbocycles. The molecule has 4 rings (SSSR count). The van der Waals surface area contributed by atoms with Gasteiger partial charge in [-0.1, -0.05) is 23.7 Å². The number of halogens is 1. The van der Waals surface area contributed by atoms with Gasteiger partial charge in [0.25, 0.3) is 5.91 Å². The number of rotatable bonds is 4. The van der Waals surface area contributed by atoms with Gasteiger partial charge in [-0.05, 0) is 25.0 Å². The molecule has 2 aromatic rings. The summed E-state index contributed by atoms with van der Waals surface area (Å²) in [6.07, 6.45) is 0.964. The summed E-state index contributed by atoms with van der Waals surface area (Å²) in [7, 11) is 0. The average Bonchev–Trinajstić information content (AvgIpc) is 3.40. The standard InChI is InChI=1S/C17H17ClN4O4/c18-11-3-1-2-4-12(11)22-15(10-5-6-10)19-14(20-22)16(23)21-7-8-26-13(9-21)17(24)25/h1-4,10,13H,5-9H2,(H,24,25)/t13-/m1/s1. The molecule has 2 aliphatic rings. The molecule has 1 N–H and O–H groups in total. The van der Waals surface area contributed by atoms with Gasteiger partial charge < -0.3 is 14.7 Å². The molecule has 26 heavy (non-hydrogen) atoms. The number of benzene rings is 1. The highest BCUT2D eigenvalue weighted by Crippen LogP contribution is 2.40. The van der Waals surface area contributed by atoms with E-state index in [-0.39, 0.29) is 24.9 Å². The van der Waals surface area contributed by atoms with Crippen molar-refractivity contribution in [3.05, 3.63) is 40.9 Å². The third-order valence-corrected chi connectivity index (χ3v) is 4.80. The number of carboxylic acids is 1. The Morgan fingerprint density at radius 2 is 2.04 bits per heavy atom. The third-order valence-electron chi connectivity index (χ3n) is 4.48. The van der Waals surface area contributed by atoms with Gasteiger partial charge in [0.05, 0.1) is 23.9 Å². The molecular formula is C17H17ClN4O4. The van der Waals surface area contributed by atoms with Gasteiger partial charge in [-0.15, -0.1) is 5.10 Å². The molecule has 0 unspecified atom stereocenters. The van der Waals surface area contributed by atoms with Crippen LogP contribution in [0.5, 0.6) is 0 Å². The predicted octanol–water partition coefficient (Wildman–Crippen LogP) is 1.72. The van der Waals surface area contributed by atoms with Gasteiger partial charge in [-0.3, -0.25) is 4.79 Å². The van der Waals surface area contributed by atoms with Gasteiger partial charge in [0.15, 0.2) is 6.10 Å². The molecule has 1 amide bonds. The Kier molecular flexibility index (Phi) is 4.37. The summed E-state index contributed by atoms with van der Waals surface area (Å²) < 4.78 is 6.79. The number of aromatic nitrogens is 3. The van der Waals surface area contributed by atoms with E-state index in [9.17, 15) is 9.59 Å². The number of aliphatic carboxylic acids is 1. The molecule has 136 valence electrons. The second-order valence-electron chi connectivity index (χ2n) is 6.38.